The fourth-order valence-corrected chi connectivity index (χ4v) is 0.798. The quantitative estimate of drug-likeness (QED) is 0.331. The van der Waals surface area contributed by atoms with Crippen LogP contribution >= 0.6 is 0 Å². The fraction of sp³-hybridized carbons (Fsp3) is 0.143. The van der Waals surface area contributed by atoms with E-state index >= 15 is 0 Å². The molecule has 0 saturated carbocycles. The van der Waals surface area contributed by atoms with Crippen molar-refractivity contribution in [3.05, 3.63) is 39.6 Å². The van der Waals surface area contributed by atoms with E-state index in [0.717, 1.165) is 5.69 Å². The average Bonchev–Trinajstić information content (AvgIpc) is 2.19. The lowest BCUT2D eigenvalue weighted by molar-refractivity contribution is 1.12. The molecule has 0 amide bonds. The minimum absolute atomic E-state index is 0.185. The number of hydrogen-bond acceptors (Lipinski definition) is 4. The molecule has 0 aliphatic heterocycles. The van der Waals surface area contributed by atoms with Gasteiger partial charge in [0.15, 0.2) is 0 Å². The summed E-state index contributed by atoms with van der Waals surface area (Å²) in [6.07, 6.45) is 0. The predicted octanol–water partition coefficient (Wildman–Crippen LogP) is 2.76. The summed E-state index contributed by atoms with van der Waals surface area (Å²) in [5.41, 5.74) is 9.14. The Morgan fingerprint density at radius 3 is 2.62 bits per heavy atom. The van der Waals surface area contributed by atoms with Gasteiger partial charge < -0.3 is 5.32 Å². The van der Waals surface area contributed by atoms with Crippen LogP contribution in [0, 0.1) is 4.91 Å². The molecule has 1 aromatic rings. The van der Waals surface area contributed by atoms with Crippen LogP contribution in [0.1, 0.15) is 0 Å². The third-order valence-corrected chi connectivity index (χ3v) is 1.39. The lowest BCUT2D eigenvalue weighted by atomic mass is 10.3. The molecule has 0 unspecified atom stereocenters. The molecule has 0 aliphatic carbocycles. The number of rotatable bonds is 4. The largest absolute Gasteiger partial charge is 0.379 e. The Morgan fingerprint density at radius 1 is 1.38 bits per heavy atom. The molecule has 1 rings (SSSR count). The van der Waals surface area contributed by atoms with E-state index in [9.17, 15) is 4.91 Å². The summed E-state index contributed by atoms with van der Waals surface area (Å²) in [7, 11) is 0. The van der Waals surface area contributed by atoms with E-state index < -0.39 is 0 Å². The average molecular weight is 177 g/mol. The van der Waals surface area contributed by atoms with Gasteiger partial charge in [-0.1, -0.05) is 5.11 Å². The van der Waals surface area contributed by atoms with Gasteiger partial charge in [-0.25, -0.2) is 0 Å². The van der Waals surface area contributed by atoms with Crippen LogP contribution < -0.4 is 5.32 Å². The van der Waals surface area contributed by atoms with E-state index in [2.05, 4.69) is 20.5 Å². The van der Waals surface area contributed by atoms with Crippen molar-refractivity contribution >= 4 is 11.4 Å². The Bertz CT molecular complexity index is 327. The van der Waals surface area contributed by atoms with Crippen LogP contribution in [0.15, 0.2) is 34.6 Å². The summed E-state index contributed by atoms with van der Waals surface area (Å²) < 4.78 is 0. The van der Waals surface area contributed by atoms with E-state index in [1.807, 2.05) is 0 Å². The minimum Gasteiger partial charge on any atom is -0.379 e. The Morgan fingerprint density at radius 2 is 2.08 bits per heavy atom. The Labute approximate surface area is 74.2 Å². The van der Waals surface area contributed by atoms with Crippen molar-refractivity contribution in [3.63, 3.8) is 0 Å². The van der Waals surface area contributed by atoms with E-state index in [0.29, 0.717) is 5.69 Å². The molecule has 0 atom stereocenters. The molecule has 0 aliphatic rings. The van der Waals surface area contributed by atoms with Gasteiger partial charge in [-0.05, 0) is 35.0 Å². The van der Waals surface area contributed by atoms with Gasteiger partial charge in [0, 0.05) is 10.6 Å². The van der Waals surface area contributed by atoms with E-state index in [1.165, 1.54) is 0 Å². The van der Waals surface area contributed by atoms with Crippen molar-refractivity contribution in [2.75, 3.05) is 12.0 Å². The molecule has 1 aromatic carbocycles. The maximum Gasteiger partial charge on any atom is 0.108 e. The molecular weight excluding hydrogens is 170 g/mol. The summed E-state index contributed by atoms with van der Waals surface area (Å²) in [5, 5.41) is 8.88. The van der Waals surface area contributed by atoms with Crippen molar-refractivity contribution < 1.29 is 0 Å². The molecule has 0 aromatic heterocycles. The number of nitrogens with one attached hydrogen (secondary N) is 1. The van der Waals surface area contributed by atoms with Crippen LogP contribution in [-0.2, 0) is 0 Å². The van der Waals surface area contributed by atoms with Crippen LogP contribution in [0.4, 0.5) is 11.4 Å². The number of nitrogens with zero attached hydrogens (tertiary/aromatic N) is 4. The Hall–Kier alpha value is -2.07. The fourth-order valence-electron chi connectivity index (χ4n) is 0.798. The molecule has 0 radical (unpaired) electrons. The monoisotopic (exact) mass is 177 g/mol. The second kappa shape index (κ2) is 4.74. The van der Waals surface area contributed by atoms with Gasteiger partial charge in [0.25, 0.3) is 0 Å². The van der Waals surface area contributed by atoms with Gasteiger partial charge in [-0.15, -0.1) is 4.91 Å². The summed E-state index contributed by atoms with van der Waals surface area (Å²) in [5.74, 6) is 0. The van der Waals surface area contributed by atoms with Gasteiger partial charge in [0.05, 0.1) is 6.67 Å². The van der Waals surface area contributed by atoms with Gasteiger partial charge in [0.1, 0.15) is 5.69 Å². The molecule has 0 heterocycles. The van der Waals surface area contributed by atoms with Gasteiger partial charge in [-0.3, -0.25) is 0 Å². The van der Waals surface area contributed by atoms with Crippen molar-refractivity contribution in [3.8, 4) is 0 Å². The topological polar surface area (TPSA) is 90.2 Å². The molecule has 66 valence electrons. The smallest absolute Gasteiger partial charge is 0.108 e. The number of azide groups is 1. The molecule has 6 nitrogen and oxygen atoms in total. The SMILES string of the molecule is [N-]=[N+]=NCNc1ccc(N=O)cc1. The standard InChI is InChI=1S/C7H7N5O/c8-12-10-5-9-6-1-3-7(11-13)4-2-6/h1-4,9H,5H2. The normalized spacial score (nSPS) is 8.62. The first-order valence-corrected chi connectivity index (χ1v) is 3.55. The van der Waals surface area contributed by atoms with Crippen molar-refractivity contribution in [1.29, 1.82) is 0 Å². The second-order valence-corrected chi connectivity index (χ2v) is 2.20. The minimum atomic E-state index is 0.185. The molecule has 0 saturated heterocycles. The third-order valence-electron chi connectivity index (χ3n) is 1.39. The van der Waals surface area contributed by atoms with Crippen molar-refractivity contribution in [1.82, 2.24) is 0 Å². The maximum atomic E-state index is 10.0. The number of benzene rings is 1. The molecule has 1 N–H and O–H groups in total. The second-order valence-electron chi connectivity index (χ2n) is 2.20. The van der Waals surface area contributed by atoms with Crippen molar-refractivity contribution in [2.45, 2.75) is 0 Å². The summed E-state index contributed by atoms with van der Waals surface area (Å²) >= 11 is 0. The predicted molar refractivity (Wildman–Crippen MR) is 49.5 cm³/mol. The summed E-state index contributed by atoms with van der Waals surface area (Å²) in [4.78, 5) is 12.6. The number of hydrogen-bond donors (Lipinski definition) is 1. The first kappa shape index (κ1) is 9.02. The zero-order valence-electron chi connectivity index (χ0n) is 6.71. The van der Waals surface area contributed by atoms with Crippen LogP contribution in [0.5, 0.6) is 0 Å². The highest BCUT2D eigenvalue weighted by Gasteiger charge is 1.91. The number of nitroso groups, excluding NO2 is 1. The Kier molecular flexibility index (Phi) is 3.29. The van der Waals surface area contributed by atoms with E-state index in [-0.39, 0.29) is 6.67 Å². The first-order chi connectivity index (χ1) is 6.36. The van der Waals surface area contributed by atoms with Crippen LogP contribution in [0.25, 0.3) is 10.4 Å². The zero-order valence-corrected chi connectivity index (χ0v) is 6.71. The van der Waals surface area contributed by atoms with Gasteiger partial charge >= 0.3 is 0 Å². The maximum absolute atomic E-state index is 10.0. The summed E-state index contributed by atoms with van der Waals surface area (Å²) in [6, 6.07) is 6.52. The van der Waals surface area contributed by atoms with Gasteiger partial charge in [-0.2, -0.15) is 0 Å². The van der Waals surface area contributed by atoms with Crippen molar-refractivity contribution in [2.24, 2.45) is 10.3 Å². The lowest BCUT2D eigenvalue weighted by Gasteiger charge is -2.00. The van der Waals surface area contributed by atoms with E-state index in [1.54, 1.807) is 24.3 Å². The lowest BCUT2D eigenvalue weighted by Crippen LogP contribution is -1.96. The van der Waals surface area contributed by atoms with Crippen LogP contribution in [0.2, 0.25) is 0 Å². The molecular formula is C7H7N5O. The first-order valence-electron chi connectivity index (χ1n) is 3.55. The third kappa shape index (κ3) is 2.80. The van der Waals surface area contributed by atoms with Crippen LogP contribution in [0.3, 0.4) is 0 Å². The van der Waals surface area contributed by atoms with Crippen LogP contribution in [-0.4, -0.2) is 6.67 Å². The summed E-state index contributed by atoms with van der Waals surface area (Å²) in [6.45, 7) is 0.185. The highest BCUT2D eigenvalue weighted by atomic mass is 16.3. The Balaban J connectivity index is 2.58. The molecule has 0 bridgehead atoms. The molecule has 13 heavy (non-hydrogen) atoms. The molecule has 0 fully saturated rings. The molecule has 0 spiro atoms. The number of anilines is 1. The van der Waals surface area contributed by atoms with E-state index in [4.69, 9.17) is 5.53 Å². The highest BCUT2D eigenvalue weighted by molar-refractivity contribution is 5.50. The molecule has 6 heteroatoms. The van der Waals surface area contributed by atoms with Gasteiger partial charge in [0.2, 0.25) is 0 Å². The highest BCUT2D eigenvalue weighted by Crippen LogP contribution is 2.15. The zero-order chi connectivity index (χ0) is 9.52.